The van der Waals surface area contributed by atoms with Gasteiger partial charge in [-0.15, -0.1) is 11.3 Å². The fraction of sp³-hybridized carbons (Fsp3) is 0.143. The fourth-order valence-corrected chi connectivity index (χ4v) is 3.81. The molecule has 0 atom stereocenters. The van der Waals surface area contributed by atoms with E-state index in [1.807, 2.05) is 14.1 Å². The van der Waals surface area contributed by atoms with Gasteiger partial charge in [-0.3, -0.25) is 0 Å². The number of nitrogens with zero attached hydrogens (tertiary/aromatic N) is 3. The molecule has 2 aromatic carbocycles. The van der Waals surface area contributed by atoms with Crippen molar-refractivity contribution in [2.75, 3.05) is 24.3 Å². The van der Waals surface area contributed by atoms with Crippen LogP contribution in [0, 0.1) is 6.92 Å². The zero-order chi connectivity index (χ0) is 18.1. The average molecular weight is 360 g/mol. The van der Waals surface area contributed by atoms with Gasteiger partial charge < -0.3 is 10.2 Å². The van der Waals surface area contributed by atoms with Gasteiger partial charge in [0.25, 0.3) is 0 Å². The number of aryl methyl sites for hydroxylation is 1. The predicted octanol–water partition coefficient (Wildman–Crippen LogP) is 5.48. The largest absolute Gasteiger partial charge is 0.378 e. The molecule has 4 rings (SSSR count). The van der Waals surface area contributed by atoms with Crippen LogP contribution in [-0.4, -0.2) is 24.1 Å². The minimum absolute atomic E-state index is 0.837. The van der Waals surface area contributed by atoms with Crippen molar-refractivity contribution in [3.05, 3.63) is 65.8 Å². The van der Waals surface area contributed by atoms with Crippen molar-refractivity contribution in [1.29, 1.82) is 0 Å². The van der Waals surface area contributed by atoms with E-state index in [1.54, 1.807) is 17.7 Å². The van der Waals surface area contributed by atoms with E-state index >= 15 is 0 Å². The van der Waals surface area contributed by atoms with Crippen LogP contribution in [-0.2, 0) is 0 Å². The summed E-state index contributed by atoms with van der Waals surface area (Å²) in [7, 11) is 4.07. The summed E-state index contributed by atoms with van der Waals surface area (Å²) in [6, 6.07) is 16.9. The lowest BCUT2D eigenvalue weighted by molar-refractivity contribution is 1.13. The summed E-state index contributed by atoms with van der Waals surface area (Å²) in [6.45, 7) is 2.10. The molecule has 4 aromatic rings. The highest BCUT2D eigenvalue weighted by Crippen LogP contribution is 2.37. The van der Waals surface area contributed by atoms with E-state index in [1.165, 1.54) is 16.8 Å². The second-order valence-corrected chi connectivity index (χ2v) is 7.34. The predicted molar refractivity (Wildman–Crippen MR) is 112 cm³/mol. The SMILES string of the molecule is Cc1ccc(-c2csc3ncnc(Nc4ccc(N(C)C)cc4)c23)cc1. The number of hydrogen-bond donors (Lipinski definition) is 1. The second kappa shape index (κ2) is 6.77. The molecule has 0 fully saturated rings. The number of rotatable bonds is 4. The van der Waals surface area contributed by atoms with Gasteiger partial charge in [-0.05, 0) is 36.8 Å². The third-order valence-electron chi connectivity index (χ3n) is 4.38. The first-order valence-corrected chi connectivity index (χ1v) is 9.33. The Bertz CT molecular complexity index is 1030. The average Bonchev–Trinajstić information content (AvgIpc) is 3.08. The van der Waals surface area contributed by atoms with Crippen molar-refractivity contribution >= 4 is 38.7 Å². The van der Waals surface area contributed by atoms with Crippen molar-refractivity contribution in [3.63, 3.8) is 0 Å². The van der Waals surface area contributed by atoms with Crippen LogP contribution in [0.4, 0.5) is 17.2 Å². The maximum atomic E-state index is 4.51. The van der Waals surface area contributed by atoms with Gasteiger partial charge in [0, 0.05) is 36.4 Å². The number of anilines is 3. The van der Waals surface area contributed by atoms with Crippen LogP contribution in [0.5, 0.6) is 0 Å². The minimum Gasteiger partial charge on any atom is -0.378 e. The smallest absolute Gasteiger partial charge is 0.143 e. The molecule has 0 bridgehead atoms. The molecular formula is C21H20N4S. The molecule has 0 aliphatic rings. The van der Waals surface area contributed by atoms with Gasteiger partial charge in [-0.2, -0.15) is 0 Å². The molecule has 0 saturated carbocycles. The lowest BCUT2D eigenvalue weighted by Crippen LogP contribution is -2.08. The molecule has 0 unspecified atom stereocenters. The Balaban J connectivity index is 1.75. The molecule has 0 amide bonds. The normalized spacial score (nSPS) is 10.9. The van der Waals surface area contributed by atoms with Gasteiger partial charge in [0.15, 0.2) is 0 Å². The molecule has 0 spiro atoms. The second-order valence-electron chi connectivity index (χ2n) is 6.48. The lowest BCUT2D eigenvalue weighted by atomic mass is 10.0. The van der Waals surface area contributed by atoms with Gasteiger partial charge >= 0.3 is 0 Å². The Hall–Kier alpha value is -2.92. The van der Waals surface area contributed by atoms with Crippen LogP contribution in [0.15, 0.2) is 60.2 Å². The molecule has 1 N–H and O–H groups in total. The van der Waals surface area contributed by atoms with Gasteiger partial charge in [0.2, 0.25) is 0 Å². The molecule has 0 saturated heterocycles. The van der Waals surface area contributed by atoms with Crippen molar-refractivity contribution in [2.24, 2.45) is 0 Å². The summed E-state index contributed by atoms with van der Waals surface area (Å²) in [6.07, 6.45) is 1.62. The number of aromatic nitrogens is 2. The van der Waals surface area contributed by atoms with Crippen LogP contribution in [0.1, 0.15) is 5.56 Å². The maximum absolute atomic E-state index is 4.51. The quantitative estimate of drug-likeness (QED) is 0.523. The third kappa shape index (κ3) is 3.13. The van der Waals surface area contributed by atoms with Crippen molar-refractivity contribution in [1.82, 2.24) is 9.97 Å². The van der Waals surface area contributed by atoms with Crippen LogP contribution in [0.3, 0.4) is 0 Å². The molecular weight excluding hydrogens is 340 g/mol. The topological polar surface area (TPSA) is 41.1 Å². The maximum Gasteiger partial charge on any atom is 0.143 e. The Kier molecular flexibility index (Phi) is 4.31. The fourth-order valence-electron chi connectivity index (χ4n) is 2.90. The monoisotopic (exact) mass is 360 g/mol. The number of thiophene rings is 1. The Morgan fingerprint density at radius 1 is 0.923 bits per heavy atom. The zero-order valence-corrected chi connectivity index (χ0v) is 15.8. The van der Waals surface area contributed by atoms with Crippen molar-refractivity contribution in [3.8, 4) is 11.1 Å². The first-order chi connectivity index (χ1) is 12.6. The highest BCUT2D eigenvalue weighted by Gasteiger charge is 2.13. The highest BCUT2D eigenvalue weighted by atomic mass is 32.1. The van der Waals surface area contributed by atoms with E-state index in [-0.39, 0.29) is 0 Å². The number of benzene rings is 2. The van der Waals surface area contributed by atoms with Crippen LogP contribution in [0.25, 0.3) is 21.3 Å². The molecule has 130 valence electrons. The highest BCUT2D eigenvalue weighted by molar-refractivity contribution is 7.17. The summed E-state index contributed by atoms with van der Waals surface area (Å²) >= 11 is 1.65. The first kappa shape index (κ1) is 16.5. The van der Waals surface area contributed by atoms with E-state index < -0.39 is 0 Å². The molecule has 4 nitrogen and oxygen atoms in total. The summed E-state index contributed by atoms with van der Waals surface area (Å²) < 4.78 is 0. The Morgan fingerprint density at radius 2 is 1.65 bits per heavy atom. The summed E-state index contributed by atoms with van der Waals surface area (Å²) in [5.74, 6) is 0.837. The zero-order valence-electron chi connectivity index (χ0n) is 15.0. The minimum atomic E-state index is 0.837. The lowest BCUT2D eigenvalue weighted by Gasteiger charge is -2.13. The van der Waals surface area contributed by atoms with E-state index in [0.717, 1.165) is 27.3 Å². The molecule has 2 heterocycles. The number of nitrogens with one attached hydrogen (secondary N) is 1. The van der Waals surface area contributed by atoms with Crippen LogP contribution < -0.4 is 10.2 Å². The van der Waals surface area contributed by atoms with Crippen LogP contribution >= 0.6 is 11.3 Å². The molecule has 0 aliphatic heterocycles. The molecule has 5 heteroatoms. The molecule has 0 radical (unpaired) electrons. The third-order valence-corrected chi connectivity index (χ3v) is 5.27. The molecule has 26 heavy (non-hydrogen) atoms. The molecule has 0 aliphatic carbocycles. The van der Waals surface area contributed by atoms with E-state index in [2.05, 4.69) is 81.0 Å². The first-order valence-electron chi connectivity index (χ1n) is 8.45. The Morgan fingerprint density at radius 3 is 2.35 bits per heavy atom. The van der Waals surface area contributed by atoms with Gasteiger partial charge in [-0.1, -0.05) is 29.8 Å². The van der Waals surface area contributed by atoms with Crippen molar-refractivity contribution in [2.45, 2.75) is 6.92 Å². The van der Waals surface area contributed by atoms with E-state index in [0.29, 0.717) is 0 Å². The van der Waals surface area contributed by atoms with Crippen molar-refractivity contribution < 1.29 is 0 Å². The molecule has 2 aromatic heterocycles. The van der Waals surface area contributed by atoms with E-state index in [9.17, 15) is 0 Å². The van der Waals surface area contributed by atoms with E-state index in [4.69, 9.17) is 0 Å². The Labute approximate surface area is 157 Å². The number of fused-ring (bicyclic) bond motifs is 1. The van der Waals surface area contributed by atoms with Gasteiger partial charge in [0.05, 0.1) is 5.39 Å². The summed E-state index contributed by atoms with van der Waals surface area (Å²) in [5.41, 5.74) is 5.78. The standard InChI is InChI=1S/C21H20N4S/c1-14-4-6-15(7-5-14)18-12-26-21-19(18)20(22-13-23-21)24-16-8-10-17(11-9-16)25(2)3/h4-13H,1-3H3,(H,22,23,24). The summed E-state index contributed by atoms with van der Waals surface area (Å²) in [4.78, 5) is 12.0. The van der Waals surface area contributed by atoms with Gasteiger partial charge in [-0.25, -0.2) is 9.97 Å². The van der Waals surface area contributed by atoms with Crippen LogP contribution in [0.2, 0.25) is 0 Å². The summed E-state index contributed by atoms with van der Waals surface area (Å²) in [5, 5.41) is 6.68. The number of hydrogen-bond acceptors (Lipinski definition) is 5. The van der Waals surface area contributed by atoms with Gasteiger partial charge in [0.1, 0.15) is 17.0 Å².